The third-order valence-corrected chi connectivity index (χ3v) is 7.12. The molecule has 0 saturated heterocycles. The molecule has 0 saturated carbocycles. The van der Waals surface area contributed by atoms with Crippen molar-refractivity contribution in [2.45, 2.75) is 6.42 Å². The van der Waals surface area contributed by atoms with Gasteiger partial charge in [-0.15, -0.1) is 0 Å². The number of phenolic OH excluding ortho intramolecular Hbond substituents is 1. The van der Waals surface area contributed by atoms with Crippen LogP contribution in [0.3, 0.4) is 0 Å². The molecule has 0 bridgehead atoms. The van der Waals surface area contributed by atoms with Crippen LogP contribution in [0.5, 0.6) is 5.75 Å². The fourth-order valence-corrected chi connectivity index (χ4v) is 5.39. The average molecular weight is 578 g/mol. The van der Waals surface area contributed by atoms with Gasteiger partial charge in [0.05, 0.1) is 5.69 Å². The Morgan fingerprint density at radius 3 is 1.70 bits per heavy atom. The predicted molar refractivity (Wildman–Crippen MR) is 158 cm³/mol. The molecular weight excluding hydrogens is 552 g/mol. The van der Waals surface area contributed by atoms with Crippen LogP contribution in [0.1, 0.15) is 11.1 Å². The van der Waals surface area contributed by atoms with Crippen LogP contribution in [-0.2, 0) is 23.5 Å². The molecule has 37 heavy (non-hydrogen) atoms. The zero-order valence-electron chi connectivity index (χ0n) is 20.1. The van der Waals surface area contributed by atoms with E-state index < -0.39 is 17.0 Å². The monoisotopic (exact) mass is 577 g/mol. The Labute approximate surface area is 237 Å². The van der Waals surface area contributed by atoms with E-state index in [0.717, 1.165) is 28.8 Å². The third kappa shape index (κ3) is 7.71. The number of hydrogen-bond acceptors (Lipinski definition) is 2. The minimum atomic E-state index is -0.556. The molecule has 5 aromatic rings. The summed E-state index contributed by atoms with van der Waals surface area (Å²) in [7, 11) is 10.1. The molecule has 0 amide bonds. The summed E-state index contributed by atoms with van der Waals surface area (Å²) in [4.78, 5) is 2.28. The molecule has 5 rings (SSSR count). The van der Waals surface area contributed by atoms with E-state index in [4.69, 9.17) is 18.6 Å². The standard InChI is InChI=1S/C31H26NOP.2ClH.Ti/c33-29-21-20-25(22-24-12-4-1-5-13-24)23-31(29)34-30-19-11-10-18-28(30)32(26-14-6-2-7-15-26)27-16-8-3-9-17-27;;;/h1-21,23,33-34H,22H2;2*1H;/q;;;+2/p-2. The summed E-state index contributed by atoms with van der Waals surface area (Å²) in [6, 6.07) is 45.8. The van der Waals surface area contributed by atoms with Crippen LogP contribution < -0.4 is 15.5 Å². The maximum absolute atomic E-state index is 10.7. The zero-order chi connectivity index (χ0) is 25.9. The Kier molecular flexibility index (Phi) is 10.7. The van der Waals surface area contributed by atoms with E-state index in [-0.39, 0.29) is 0 Å². The van der Waals surface area contributed by atoms with Gasteiger partial charge in [-0.1, -0.05) is 99.6 Å². The molecule has 1 unspecified atom stereocenters. The second kappa shape index (κ2) is 14.4. The van der Waals surface area contributed by atoms with E-state index in [1.807, 2.05) is 30.3 Å². The first-order valence-electron chi connectivity index (χ1n) is 11.8. The molecule has 0 radical (unpaired) electrons. The summed E-state index contributed by atoms with van der Waals surface area (Å²) in [5, 5.41) is 12.9. The summed E-state index contributed by atoms with van der Waals surface area (Å²) in [5.41, 5.74) is 5.79. The van der Waals surface area contributed by atoms with E-state index in [0.29, 0.717) is 14.3 Å². The first-order chi connectivity index (χ1) is 18.2. The molecule has 6 heteroatoms. The van der Waals surface area contributed by atoms with Crippen molar-refractivity contribution < 1.29 is 22.1 Å². The molecule has 0 aliphatic carbocycles. The molecular formula is C31H26Cl2NOPTi. The first-order valence-corrected chi connectivity index (χ1v) is 17.1. The average Bonchev–Trinajstić information content (AvgIpc) is 2.94. The van der Waals surface area contributed by atoms with Gasteiger partial charge in [-0.25, -0.2) is 0 Å². The second-order valence-electron chi connectivity index (χ2n) is 8.23. The van der Waals surface area contributed by atoms with Crippen LogP contribution in [0.4, 0.5) is 17.1 Å². The fraction of sp³-hybridized carbons (Fsp3) is 0.0323. The van der Waals surface area contributed by atoms with Gasteiger partial charge in [0.1, 0.15) is 5.75 Å². The van der Waals surface area contributed by atoms with Crippen LogP contribution in [-0.4, -0.2) is 5.11 Å². The van der Waals surface area contributed by atoms with E-state index >= 15 is 0 Å². The quantitative estimate of drug-likeness (QED) is 0.155. The predicted octanol–water partition coefficient (Wildman–Crippen LogP) is 8.46. The SMILES string of the molecule is Oc1ccc(Cc2ccccc2)cc1Pc1ccccc1N(c1ccccc1)c1ccccc1.[Cl][Ti][Cl]. The van der Waals surface area contributed by atoms with Gasteiger partial charge in [-0.05, 0) is 60.0 Å². The van der Waals surface area contributed by atoms with Crippen molar-refractivity contribution in [3.8, 4) is 5.75 Å². The fourth-order valence-electron chi connectivity index (χ4n) is 4.13. The Morgan fingerprint density at radius 1 is 0.595 bits per heavy atom. The van der Waals surface area contributed by atoms with E-state index in [9.17, 15) is 5.11 Å². The summed E-state index contributed by atoms with van der Waals surface area (Å²) < 4.78 is 0. The normalized spacial score (nSPS) is 10.5. The number of para-hydroxylation sites is 3. The van der Waals surface area contributed by atoms with Crippen LogP contribution in [0, 0.1) is 0 Å². The van der Waals surface area contributed by atoms with Crippen LogP contribution >= 0.6 is 27.2 Å². The van der Waals surface area contributed by atoms with Gasteiger partial charge in [0.2, 0.25) is 0 Å². The van der Waals surface area contributed by atoms with Crippen LogP contribution in [0.15, 0.2) is 133 Å². The number of hydrogen-bond donors (Lipinski definition) is 1. The molecule has 1 N–H and O–H groups in total. The Hall–Kier alpha value is -2.58. The van der Waals surface area contributed by atoms with Gasteiger partial charge >= 0.3 is 35.6 Å². The number of halogens is 2. The second-order valence-corrected chi connectivity index (χ2v) is 12.1. The number of benzene rings is 5. The zero-order valence-corrected chi connectivity index (χ0v) is 24.1. The van der Waals surface area contributed by atoms with Gasteiger partial charge in [-0.2, -0.15) is 0 Å². The van der Waals surface area contributed by atoms with Gasteiger partial charge in [0, 0.05) is 22.0 Å². The maximum atomic E-state index is 10.7. The van der Waals surface area contributed by atoms with E-state index in [1.165, 1.54) is 16.4 Å². The molecule has 0 aliphatic heterocycles. The van der Waals surface area contributed by atoms with Gasteiger partial charge in [0.25, 0.3) is 0 Å². The molecule has 0 aromatic heterocycles. The van der Waals surface area contributed by atoms with Gasteiger partial charge in [-0.3, -0.25) is 0 Å². The van der Waals surface area contributed by atoms with Crippen molar-refractivity contribution in [2.24, 2.45) is 0 Å². The summed E-state index contributed by atoms with van der Waals surface area (Å²) in [5.74, 6) is 0.343. The molecule has 1 atom stereocenters. The molecule has 0 heterocycles. The molecule has 2 nitrogen and oxygen atoms in total. The molecule has 0 aliphatic rings. The van der Waals surface area contributed by atoms with Crippen molar-refractivity contribution in [3.05, 3.63) is 145 Å². The van der Waals surface area contributed by atoms with Crippen molar-refractivity contribution >= 4 is 54.9 Å². The summed E-state index contributed by atoms with van der Waals surface area (Å²) in [6.07, 6.45) is 0.848. The Morgan fingerprint density at radius 2 is 1.11 bits per heavy atom. The van der Waals surface area contributed by atoms with E-state index in [1.54, 1.807) is 0 Å². The van der Waals surface area contributed by atoms with Crippen molar-refractivity contribution in [1.82, 2.24) is 0 Å². The van der Waals surface area contributed by atoms with Crippen LogP contribution in [0.2, 0.25) is 0 Å². The molecule has 0 fully saturated rings. The van der Waals surface area contributed by atoms with Crippen molar-refractivity contribution in [3.63, 3.8) is 0 Å². The molecule has 184 valence electrons. The number of anilines is 3. The Bertz CT molecular complexity index is 1350. The number of rotatable bonds is 7. The molecule has 5 aromatic carbocycles. The minimum absolute atomic E-state index is 0.322. The topological polar surface area (TPSA) is 23.5 Å². The van der Waals surface area contributed by atoms with Gasteiger partial charge < -0.3 is 10.0 Å². The van der Waals surface area contributed by atoms with Crippen LogP contribution in [0.25, 0.3) is 0 Å². The third-order valence-electron chi connectivity index (χ3n) is 5.76. The van der Waals surface area contributed by atoms with E-state index in [2.05, 4.69) is 108 Å². The summed E-state index contributed by atoms with van der Waals surface area (Å²) in [6.45, 7) is 0. The molecule has 0 spiro atoms. The van der Waals surface area contributed by atoms with Crippen molar-refractivity contribution in [1.29, 1.82) is 0 Å². The number of phenols is 1. The van der Waals surface area contributed by atoms with Gasteiger partial charge in [0.15, 0.2) is 0 Å². The number of nitrogens with zero attached hydrogens (tertiary/aromatic N) is 1. The summed E-state index contributed by atoms with van der Waals surface area (Å²) >= 11 is -0.556. The first kappa shape index (κ1) is 27.5. The Balaban J connectivity index is 0.00000102. The van der Waals surface area contributed by atoms with Crippen molar-refractivity contribution in [2.75, 3.05) is 4.90 Å². The number of aromatic hydroxyl groups is 1.